The molecule has 0 fully saturated rings. The van der Waals surface area contributed by atoms with Crippen molar-refractivity contribution >= 4 is 23.6 Å². The maximum atomic E-state index is 11.8. The van der Waals surface area contributed by atoms with E-state index in [2.05, 4.69) is 5.32 Å². The van der Waals surface area contributed by atoms with E-state index < -0.39 is 5.91 Å². The molecule has 5 heteroatoms. The number of hydrogen-bond acceptors (Lipinski definition) is 3. The Bertz CT molecular complexity index is 629. The Labute approximate surface area is 127 Å². The van der Waals surface area contributed by atoms with Gasteiger partial charge in [-0.3, -0.25) is 9.59 Å². The first-order chi connectivity index (χ1) is 10.1. The van der Waals surface area contributed by atoms with Gasteiger partial charge in [0.15, 0.2) is 0 Å². The zero-order valence-corrected chi connectivity index (χ0v) is 12.2. The largest absolute Gasteiger partial charge is 0.366 e. The summed E-state index contributed by atoms with van der Waals surface area (Å²) in [4.78, 5) is 23.9. The normalized spacial score (nSPS) is 10.1. The van der Waals surface area contributed by atoms with Crippen LogP contribution in [0.1, 0.15) is 15.9 Å². The van der Waals surface area contributed by atoms with Gasteiger partial charge < -0.3 is 11.1 Å². The van der Waals surface area contributed by atoms with E-state index in [-0.39, 0.29) is 5.91 Å². The van der Waals surface area contributed by atoms with Crippen molar-refractivity contribution < 1.29 is 9.59 Å². The van der Waals surface area contributed by atoms with E-state index in [1.54, 1.807) is 18.2 Å². The van der Waals surface area contributed by atoms with Gasteiger partial charge in [-0.2, -0.15) is 0 Å². The minimum Gasteiger partial charge on any atom is -0.366 e. The molecule has 2 aromatic rings. The van der Waals surface area contributed by atoms with Crippen LogP contribution in [-0.4, -0.2) is 17.6 Å². The minimum atomic E-state index is -0.470. The fourth-order valence-electron chi connectivity index (χ4n) is 1.75. The van der Waals surface area contributed by atoms with E-state index in [9.17, 15) is 9.59 Å². The number of thioether (sulfide) groups is 1. The van der Waals surface area contributed by atoms with E-state index in [1.807, 2.05) is 36.4 Å². The molecule has 3 N–H and O–H groups in total. The third kappa shape index (κ3) is 4.96. The Morgan fingerprint density at radius 3 is 2.52 bits per heavy atom. The summed E-state index contributed by atoms with van der Waals surface area (Å²) in [5, 5.41) is 2.82. The Morgan fingerprint density at radius 1 is 1.05 bits per heavy atom. The number of hydrogen-bond donors (Lipinski definition) is 2. The Morgan fingerprint density at radius 2 is 1.81 bits per heavy atom. The second-order valence-corrected chi connectivity index (χ2v) is 5.49. The van der Waals surface area contributed by atoms with Crippen LogP contribution in [0.4, 0.5) is 0 Å². The lowest BCUT2D eigenvalue weighted by molar-refractivity contribution is -0.118. The Kier molecular flexibility index (Phi) is 5.40. The summed E-state index contributed by atoms with van der Waals surface area (Å²) in [5.74, 6) is -0.157. The molecule has 2 amide bonds. The molecule has 0 radical (unpaired) electrons. The molecule has 2 rings (SSSR count). The SMILES string of the molecule is NC(=O)c1cccc(CNC(=O)CSc2ccccc2)c1. The summed E-state index contributed by atoms with van der Waals surface area (Å²) in [6.45, 7) is 0.384. The molecule has 0 aliphatic carbocycles. The highest BCUT2D eigenvalue weighted by molar-refractivity contribution is 8.00. The van der Waals surface area contributed by atoms with Gasteiger partial charge in [-0.25, -0.2) is 0 Å². The van der Waals surface area contributed by atoms with Crippen molar-refractivity contribution in [1.29, 1.82) is 0 Å². The Balaban J connectivity index is 1.81. The first kappa shape index (κ1) is 15.1. The van der Waals surface area contributed by atoms with Gasteiger partial charge in [0, 0.05) is 17.0 Å². The van der Waals surface area contributed by atoms with Crippen LogP contribution >= 0.6 is 11.8 Å². The molecule has 21 heavy (non-hydrogen) atoms. The number of nitrogens with two attached hydrogens (primary N) is 1. The van der Waals surface area contributed by atoms with E-state index in [0.717, 1.165) is 10.5 Å². The third-order valence-electron chi connectivity index (χ3n) is 2.81. The van der Waals surface area contributed by atoms with Crippen LogP contribution in [-0.2, 0) is 11.3 Å². The highest BCUT2D eigenvalue weighted by Gasteiger charge is 2.04. The lowest BCUT2D eigenvalue weighted by Crippen LogP contribution is -2.24. The number of rotatable bonds is 6. The van der Waals surface area contributed by atoms with Gasteiger partial charge in [0.2, 0.25) is 11.8 Å². The molecular formula is C16H16N2O2S. The van der Waals surface area contributed by atoms with Crippen molar-refractivity contribution in [1.82, 2.24) is 5.32 Å². The summed E-state index contributed by atoms with van der Waals surface area (Å²) >= 11 is 1.49. The molecule has 0 aliphatic heterocycles. The lowest BCUT2D eigenvalue weighted by Gasteiger charge is -2.06. The molecule has 4 nitrogen and oxygen atoms in total. The maximum absolute atomic E-state index is 11.8. The smallest absolute Gasteiger partial charge is 0.248 e. The van der Waals surface area contributed by atoms with Gasteiger partial charge in [0.25, 0.3) is 0 Å². The van der Waals surface area contributed by atoms with E-state index in [4.69, 9.17) is 5.73 Å². The molecule has 0 saturated heterocycles. The summed E-state index contributed by atoms with van der Waals surface area (Å²) in [6.07, 6.45) is 0. The summed E-state index contributed by atoms with van der Waals surface area (Å²) in [6, 6.07) is 16.7. The van der Waals surface area contributed by atoms with Gasteiger partial charge in [-0.1, -0.05) is 30.3 Å². The van der Waals surface area contributed by atoms with Gasteiger partial charge in [-0.05, 0) is 29.8 Å². The van der Waals surface area contributed by atoms with Crippen LogP contribution < -0.4 is 11.1 Å². The number of benzene rings is 2. The molecule has 0 saturated carbocycles. The minimum absolute atomic E-state index is 0.0478. The second-order valence-electron chi connectivity index (χ2n) is 4.44. The molecule has 0 unspecified atom stereocenters. The molecule has 0 bridgehead atoms. The molecule has 108 valence electrons. The molecule has 0 aromatic heterocycles. The predicted molar refractivity (Wildman–Crippen MR) is 84.0 cm³/mol. The second kappa shape index (κ2) is 7.50. The average Bonchev–Trinajstić information content (AvgIpc) is 2.52. The van der Waals surface area contributed by atoms with Crippen LogP contribution in [0.3, 0.4) is 0 Å². The average molecular weight is 300 g/mol. The number of carbonyl (C=O) groups excluding carboxylic acids is 2. The van der Waals surface area contributed by atoms with Gasteiger partial charge in [-0.15, -0.1) is 11.8 Å². The highest BCUT2D eigenvalue weighted by Crippen LogP contribution is 2.16. The molecular weight excluding hydrogens is 284 g/mol. The van der Waals surface area contributed by atoms with Gasteiger partial charge in [0.05, 0.1) is 5.75 Å². The first-order valence-electron chi connectivity index (χ1n) is 6.48. The quantitative estimate of drug-likeness (QED) is 0.803. The van der Waals surface area contributed by atoms with Crippen molar-refractivity contribution in [3.63, 3.8) is 0 Å². The lowest BCUT2D eigenvalue weighted by atomic mass is 10.1. The predicted octanol–water partition coefficient (Wildman–Crippen LogP) is 2.19. The first-order valence-corrected chi connectivity index (χ1v) is 7.47. The molecule has 0 heterocycles. The van der Waals surface area contributed by atoms with Crippen molar-refractivity contribution in [3.8, 4) is 0 Å². The number of carbonyl (C=O) groups is 2. The molecule has 0 aliphatic rings. The van der Waals surface area contributed by atoms with Crippen LogP contribution in [0.2, 0.25) is 0 Å². The summed E-state index contributed by atoms with van der Waals surface area (Å²) in [5.41, 5.74) is 6.52. The van der Waals surface area contributed by atoms with Crippen LogP contribution in [0.5, 0.6) is 0 Å². The van der Waals surface area contributed by atoms with E-state index >= 15 is 0 Å². The van der Waals surface area contributed by atoms with Crippen LogP contribution in [0, 0.1) is 0 Å². The molecule has 0 atom stereocenters. The standard InChI is InChI=1S/C16H16N2O2S/c17-16(20)13-6-4-5-12(9-13)10-18-15(19)11-21-14-7-2-1-3-8-14/h1-9H,10-11H2,(H2,17,20)(H,18,19). The van der Waals surface area contributed by atoms with Gasteiger partial charge in [0.1, 0.15) is 0 Å². The zero-order valence-electron chi connectivity index (χ0n) is 11.4. The number of primary amides is 1. The topological polar surface area (TPSA) is 72.2 Å². The van der Waals surface area contributed by atoms with Crippen molar-refractivity contribution in [2.24, 2.45) is 5.73 Å². The summed E-state index contributed by atoms with van der Waals surface area (Å²) in [7, 11) is 0. The van der Waals surface area contributed by atoms with Crippen molar-refractivity contribution in [3.05, 3.63) is 65.7 Å². The van der Waals surface area contributed by atoms with Crippen LogP contribution in [0.15, 0.2) is 59.5 Å². The van der Waals surface area contributed by atoms with E-state index in [0.29, 0.717) is 17.9 Å². The van der Waals surface area contributed by atoms with Crippen molar-refractivity contribution in [2.75, 3.05) is 5.75 Å². The maximum Gasteiger partial charge on any atom is 0.248 e. The van der Waals surface area contributed by atoms with Gasteiger partial charge >= 0.3 is 0 Å². The summed E-state index contributed by atoms with van der Waals surface area (Å²) < 4.78 is 0. The highest BCUT2D eigenvalue weighted by atomic mass is 32.2. The number of amides is 2. The fraction of sp³-hybridized carbons (Fsp3) is 0.125. The molecule has 2 aromatic carbocycles. The fourth-order valence-corrected chi connectivity index (χ4v) is 2.50. The zero-order chi connectivity index (χ0) is 15.1. The van der Waals surface area contributed by atoms with E-state index in [1.165, 1.54) is 11.8 Å². The molecule has 0 spiro atoms. The number of nitrogens with one attached hydrogen (secondary N) is 1. The Hall–Kier alpha value is -2.27. The van der Waals surface area contributed by atoms with Crippen LogP contribution in [0.25, 0.3) is 0 Å². The monoisotopic (exact) mass is 300 g/mol. The van der Waals surface area contributed by atoms with Crippen molar-refractivity contribution in [2.45, 2.75) is 11.4 Å². The third-order valence-corrected chi connectivity index (χ3v) is 3.83.